The maximum Gasteiger partial charge on any atom is 0.142 e. The summed E-state index contributed by atoms with van der Waals surface area (Å²) in [6.45, 7) is 1.61. The van der Waals surface area contributed by atoms with E-state index in [4.69, 9.17) is 11.6 Å². The van der Waals surface area contributed by atoms with E-state index in [0.29, 0.717) is 12.5 Å². The molecule has 98 valence electrons. The van der Waals surface area contributed by atoms with Gasteiger partial charge in [-0.3, -0.25) is 0 Å². The summed E-state index contributed by atoms with van der Waals surface area (Å²) in [5.74, 6) is 0.239. The Morgan fingerprint density at radius 1 is 1.21 bits per heavy atom. The quantitative estimate of drug-likeness (QED) is 0.892. The van der Waals surface area contributed by atoms with Gasteiger partial charge in [0.05, 0.1) is 5.02 Å². The van der Waals surface area contributed by atoms with Crippen LogP contribution in [0.2, 0.25) is 5.02 Å². The third kappa shape index (κ3) is 2.65. The molecular formula is C16H15ClFN. The zero-order valence-electron chi connectivity index (χ0n) is 10.5. The second-order valence-corrected chi connectivity index (χ2v) is 5.39. The van der Waals surface area contributed by atoms with E-state index in [0.717, 1.165) is 18.5 Å². The van der Waals surface area contributed by atoms with Crippen molar-refractivity contribution in [3.8, 4) is 0 Å². The van der Waals surface area contributed by atoms with Gasteiger partial charge in [0, 0.05) is 19.0 Å². The highest BCUT2D eigenvalue weighted by atomic mass is 35.5. The van der Waals surface area contributed by atoms with E-state index in [1.165, 1.54) is 17.2 Å². The van der Waals surface area contributed by atoms with E-state index in [1.54, 1.807) is 6.07 Å². The molecule has 2 aromatic rings. The molecule has 19 heavy (non-hydrogen) atoms. The number of rotatable bonds is 4. The first-order valence-corrected chi connectivity index (χ1v) is 6.84. The lowest BCUT2D eigenvalue weighted by Gasteiger charge is -2.30. The van der Waals surface area contributed by atoms with Crippen molar-refractivity contribution in [2.24, 2.45) is 0 Å². The number of hydrogen-bond donors (Lipinski definition) is 1. The molecule has 1 unspecified atom stereocenters. The van der Waals surface area contributed by atoms with Crippen molar-refractivity contribution in [2.75, 3.05) is 6.54 Å². The van der Waals surface area contributed by atoms with Crippen LogP contribution < -0.4 is 5.32 Å². The molecule has 0 heterocycles. The minimum absolute atomic E-state index is 0.177. The van der Waals surface area contributed by atoms with Crippen molar-refractivity contribution in [1.82, 2.24) is 5.32 Å². The number of benzene rings is 2. The van der Waals surface area contributed by atoms with Crippen molar-refractivity contribution in [1.29, 1.82) is 0 Å². The molecule has 1 aliphatic rings. The lowest BCUT2D eigenvalue weighted by atomic mass is 9.77. The molecule has 0 fully saturated rings. The first-order valence-electron chi connectivity index (χ1n) is 6.46. The van der Waals surface area contributed by atoms with Gasteiger partial charge in [-0.2, -0.15) is 0 Å². The van der Waals surface area contributed by atoms with E-state index >= 15 is 0 Å². The van der Waals surface area contributed by atoms with Gasteiger partial charge in [0.1, 0.15) is 5.82 Å². The minimum atomic E-state index is -0.352. The summed E-state index contributed by atoms with van der Waals surface area (Å²) >= 11 is 5.66. The lowest BCUT2D eigenvalue weighted by Crippen LogP contribution is -2.28. The molecule has 1 aliphatic carbocycles. The molecule has 3 rings (SSSR count). The molecule has 3 heteroatoms. The monoisotopic (exact) mass is 275 g/mol. The van der Waals surface area contributed by atoms with Gasteiger partial charge in [-0.05, 0) is 35.2 Å². The summed E-state index contributed by atoms with van der Waals surface area (Å²) in [7, 11) is 0. The Labute approximate surface area is 117 Å². The normalized spacial score (nSPS) is 16.8. The molecule has 0 saturated heterocycles. The molecular weight excluding hydrogens is 261 g/mol. The summed E-state index contributed by atoms with van der Waals surface area (Å²) in [5.41, 5.74) is 3.82. The Morgan fingerprint density at radius 2 is 2.05 bits per heavy atom. The highest BCUT2D eigenvalue weighted by Crippen LogP contribution is 2.34. The summed E-state index contributed by atoms with van der Waals surface area (Å²) in [5, 5.41) is 3.56. The van der Waals surface area contributed by atoms with Crippen LogP contribution in [-0.4, -0.2) is 6.54 Å². The van der Waals surface area contributed by atoms with E-state index in [2.05, 4.69) is 29.6 Å². The predicted octanol–water partition coefficient (Wildman–Crippen LogP) is 3.91. The van der Waals surface area contributed by atoms with Crippen LogP contribution in [0, 0.1) is 5.82 Å². The maximum atomic E-state index is 13.3. The van der Waals surface area contributed by atoms with E-state index in [1.807, 2.05) is 6.07 Å². The minimum Gasteiger partial charge on any atom is -0.312 e. The summed E-state index contributed by atoms with van der Waals surface area (Å²) < 4.78 is 13.3. The number of halogens is 2. The molecule has 0 radical (unpaired) electrons. The van der Waals surface area contributed by atoms with Crippen LogP contribution in [0.15, 0.2) is 42.5 Å². The van der Waals surface area contributed by atoms with Crippen LogP contribution in [0.1, 0.15) is 22.6 Å². The average Bonchev–Trinajstić information content (AvgIpc) is 2.39. The van der Waals surface area contributed by atoms with Crippen molar-refractivity contribution in [3.05, 3.63) is 70.0 Å². The molecule has 0 spiro atoms. The Balaban J connectivity index is 1.53. The van der Waals surface area contributed by atoms with Gasteiger partial charge in [0.15, 0.2) is 0 Å². The molecule has 1 atom stereocenters. The van der Waals surface area contributed by atoms with Crippen LogP contribution in [0.3, 0.4) is 0 Å². The summed E-state index contributed by atoms with van der Waals surface area (Å²) in [4.78, 5) is 0. The zero-order chi connectivity index (χ0) is 13.2. The fraction of sp³-hybridized carbons (Fsp3) is 0.250. The van der Waals surface area contributed by atoms with Crippen molar-refractivity contribution in [2.45, 2.75) is 18.9 Å². The fourth-order valence-corrected chi connectivity index (χ4v) is 2.70. The van der Waals surface area contributed by atoms with Crippen LogP contribution in [0.25, 0.3) is 0 Å². The van der Waals surface area contributed by atoms with Gasteiger partial charge in [-0.15, -0.1) is 0 Å². The molecule has 1 nitrogen and oxygen atoms in total. The molecule has 0 saturated carbocycles. The predicted molar refractivity (Wildman–Crippen MR) is 76.0 cm³/mol. The van der Waals surface area contributed by atoms with Crippen LogP contribution in [-0.2, 0) is 13.0 Å². The summed E-state index contributed by atoms with van der Waals surface area (Å²) in [6.07, 6.45) is 1.14. The Bertz CT molecular complexity index is 597. The zero-order valence-corrected chi connectivity index (χ0v) is 11.3. The highest BCUT2D eigenvalue weighted by Gasteiger charge is 2.24. The van der Waals surface area contributed by atoms with Gasteiger partial charge in [-0.1, -0.05) is 41.9 Å². The van der Waals surface area contributed by atoms with Gasteiger partial charge < -0.3 is 5.32 Å². The van der Waals surface area contributed by atoms with E-state index in [9.17, 15) is 4.39 Å². The molecule has 0 aromatic heterocycles. The Kier molecular flexibility index (Phi) is 3.54. The first kappa shape index (κ1) is 12.6. The van der Waals surface area contributed by atoms with Crippen molar-refractivity contribution >= 4 is 11.6 Å². The maximum absolute atomic E-state index is 13.3. The number of hydrogen-bond acceptors (Lipinski definition) is 1. The smallest absolute Gasteiger partial charge is 0.142 e. The summed E-state index contributed by atoms with van der Waals surface area (Å²) in [6, 6.07) is 13.5. The van der Waals surface area contributed by atoms with E-state index < -0.39 is 0 Å². The Morgan fingerprint density at radius 3 is 2.84 bits per heavy atom. The molecule has 1 N–H and O–H groups in total. The highest BCUT2D eigenvalue weighted by molar-refractivity contribution is 6.30. The fourth-order valence-electron chi connectivity index (χ4n) is 2.59. The Hall–Kier alpha value is -1.38. The van der Waals surface area contributed by atoms with E-state index in [-0.39, 0.29) is 10.8 Å². The standard InChI is InChI=1S/C16H15ClFN/c17-15-6-5-11(7-16(15)18)9-19-10-13-8-12-3-1-2-4-14(12)13/h1-7,13,19H,8-10H2. The third-order valence-electron chi connectivity index (χ3n) is 3.67. The van der Waals surface area contributed by atoms with Gasteiger partial charge in [-0.25, -0.2) is 4.39 Å². The SMILES string of the molecule is Fc1cc(CNCC2Cc3ccccc32)ccc1Cl. The van der Waals surface area contributed by atoms with Gasteiger partial charge in [0.25, 0.3) is 0 Å². The topological polar surface area (TPSA) is 12.0 Å². The first-order chi connectivity index (χ1) is 9.24. The van der Waals surface area contributed by atoms with Crippen LogP contribution in [0.4, 0.5) is 4.39 Å². The number of fused-ring (bicyclic) bond motifs is 1. The molecule has 0 aliphatic heterocycles. The van der Waals surface area contributed by atoms with Crippen molar-refractivity contribution < 1.29 is 4.39 Å². The largest absolute Gasteiger partial charge is 0.312 e. The third-order valence-corrected chi connectivity index (χ3v) is 3.97. The van der Waals surface area contributed by atoms with Gasteiger partial charge in [0.2, 0.25) is 0 Å². The number of nitrogens with one attached hydrogen (secondary N) is 1. The molecule has 0 bridgehead atoms. The van der Waals surface area contributed by atoms with Crippen LogP contribution >= 0.6 is 11.6 Å². The van der Waals surface area contributed by atoms with Crippen LogP contribution in [0.5, 0.6) is 0 Å². The van der Waals surface area contributed by atoms with Crippen molar-refractivity contribution in [3.63, 3.8) is 0 Å². The van der Waals surface area contributed by atoms with Gasteiger partial charge >= 0.3 is 0 Å². The molecule has 0 amide bonds. The second kappa shape index (κ2) is 5.32. The second-order valence-electron chi connectivity index (χ2n) is 4.98. The molecule has 2 aromatic carbocycles. The average molecular weight is 276 g/mol. The lowest BCUT2D eigenvalue weighted by molar-refractivity contribution is 0.534.